The van der Waals surface area contributed by atoms with Gasteiger partial charge in [0.15, 0.2) is 0 Å². The number of piperazine rings is 1. The number of amides is 1. The van der Waals surface area contributed by atoms with Crippen LogP contribution in [-0.2, 0) is 24.4 Å². The summed E-state index contributed by atoms with van der Waals surface area (Å²) < 4.78 is 15.0. The molecule has 7 heteroatoms. The Hall–Kier alpha value is -2.51. The van der Waals surface area contributed by atoms with Crippen LogP contribution in [-0.4, -0.2) is 58.2 Å². The molecule has 3 heterocycles. The van der Waals surface area contributed by atoms with Crippen LogP contribution in [0.2, 0.25) is 0 Å². The summed E-state index contributed by atoms with van der Waals surface area (Å²) in [6.45, 7) is 6.29. The van der Waals surface area contributed by atoms with Crippen molar-refractivity contribution in [2.24, 2.45) is 0 Å². The van der Waals surface area contributed by atoms with Gasteiger partial charge in [0.1, 0.15) is 5.82 Å². The van der Waals surface area contributed by atoms with Crippen molar-refractivity contribution >= 4 is 12.0 Å². The van der Waals surface area contributed by atoms with Crippen molar-refractivity contribution in [3.05, 3.63) is 59.2 Å². The second-order valence-corrected chi connectivity index (χ2v) is 7.10. The van der Waals surface area contributed by atoms with Crippen molar-refractivity contribution in [3.8, 4) is 0 Å². The molecule has 1 fully saturated rings. The highest BCUT2D eigenvalue weighted by atomic mass is 19.1. The number of rotatable bonds is 5. The zero-order valence-corrected chi connectivity index (χ0v) is 15.3. The van der Waals surface area contributed by atoms with Crippen LogP contribution in [0, 0.1) is 5.82 Å². The number of nitrogens with zero attached hydrogens (tertiary/aromatic N) is 4. The molecule has 0 saturated carbocycles. The molecule has 0 spiro atoms. The van der Waals surface area contributed by atoms with Gasteiger partial charge in [-0.2, -0.15) is 5.10 Å². The number of hydrogen-bond acceptors (Lipinski definition) is 4. The molecule has 0 radical (unpaired) electrons. The predicted octanol–water partition coefficient (Wildman–Crippen LogP) is 1.48. The van der Waals surface area contributed by atoms with Gasteiger partial charge in [0.2, 0.25) is 5.91 Å². The maximum Gasteiger partial charge on any atom is 0.234 e. The van der Waals surface area contributed by atoms with E-state index in [-0.39, 0.29) is 11.7 Å². The molecule has 6 nitrogen and oxygen atoms in total. The summed E-state index contributed by atoms with van der Waals surface area (Å²) in [4.78, 5) is 16.0. The van der Waals surface area contributed by atoms with Crippen molar-refractivity contribution in [1.82, 2.24) is 24.9 Å². The smallest absolute Gasteiger partial charge is 0.234 e. The first kappa shape index (κ1) is 17.9. The van der Waals surface area contributed by atoms with E-state index in [1.54, 1.807) is 12.1 Å². The Morgan fingerprint density at radius 3 is 2.78 bits per heavy atom. The van der Waals surface area contributed by atoms with Gasteiger partial charge in [-0.3, -0.25) is 19.3 Å². The number of halogens is 1. The molecule has 142 valence electrons. The van der Waals surface area contributed by atoms with E-state index in [0.29, 0.717) is 13.1 Å². The molecule has 0 atom stereocenters. The molecule has 1 amide bonds. The molecule has 1 saturated heterocycles. The maximum atomic E-state index is 12.9. The molecule has 2 aliphatic heterocycles. The minimum absolute atomic E-state index is 0.0874. The van der Waals surface area contributed by atoms with E-state index < -0.39 is 0 Å². The number of carbonyl (C=O) groups excluding carboxylic acids is 1. The largest absolute Gasteiger partial charge is 0.354 e. The van der Waals surface area contributed by atoms with Crippen LogP contribution < -0.4 is 5.32 Å². The number of fused-ring (bicyclic) bond motifs is 1. The molecular weight excluding hydrogens is 345 g/mol. The van der Waals surface area contributed by atoms with Crippen molar-refractivity contribution in [2.45, 2.75) is 19.6 Å². The monoisotopic (exact) mass is 369 g/mol. The standard InChI is InChI=1S/C20H24FN5O/c21-17-5-3-16(4-6-17)2-1-8-24-10-11-26-19(14-24)12-18(23-26)13-25-9-7-22-20(27)15-25/h1-6,12H,7-11,13-15H2,(H,22,27)/b2-1+. The summed E-state index contributed by atoms with van der Waals surface area (Å²) in [5.74, 6) is -0.123. The number of nitrogens with one attached hydrogen (secondary N) is 1. The molecule has 1 aromatic heterocycles. The summed E-state index contributed by atoms with van der Waals surface area (Å²) in [5.41, 5.74) is 3.25. The van der Waals surface area contributed by atoms with Crippen LogP contribution in [0.15, 0.2) is 36.4 Å². The molecule has 1 N–H and O–H groups in total. The Bertz CT molecular complexity index is 829. The summed E-state index contributed by atoms with van der Waals surface area (Å²) in [7, 11) is 0. The number of hydrogen-bond donors (Lipinski definition) is 1. The highest BCUT2D eigenvalue weighted by Gasteiger charge is 2.21. The molecular formula is C20H24FN5O. The summed E-state index contributed by atoms with van der Waals surface area (Å²) >= 11 is 0. The van der Waals surface area contributed by atoms with Gasteiger partial charge in [0, 0.05) is 39.3 Å². The Morgan fingerprint density at radius 2 is 1.96 bits per heavy atom. The van der Waals surface area contributed by atoms with Crippen LogP contribution in [0.5, 0.6) is 0 Å². The van der Waals surface area contributed by atoms with Crippen molar-refractivity contribution in [2.75, 3.05) is 32.7 Å². The van der Waals surface area contributed by atoms with Gasteiger partial charge in [-0.25, -0.2) is 4.39 Å². The summed E-state index contributed by atoms with van der Waals surface area (Å²) in [6.07, 6.45) is 4.14. The topological polar surface area (TPSA) is 53.4 Å². The van der Waals surface area contributed by atoms with E-state index in [4.69, 9.17) is 5.10 Å². The normalized spacial score (nSPS) is 18.6. The third kappa shape index (κ3) is 4.61. The Labute approximate surface area is 158 Å². The zero-order valence-electron chi connectivity index (χ0n) is 15.3. The van der Waals surface area contributed by atoms with Gasteiger partial charge in [-0.1, -0.05) is 24.3 Å². The third-order valence-electron chi connectivity index (χ3n) is 4.97. The third-order valence-corrected chi connectivity index (χ3v) is 4.97. The molecule has 2 aliphatic rings. The molecule has 2 aromatic rings. The highest BCUT2D eigenvalue weighted by molar-refractivity contribution is 5.78. The summed E-state index contributed by atoms with van der Waals surface area (Å²) in [6, 6.07) is 8.68. The van der Waals surface area contributed by atoms with E-state index >= 15 is 0 Å². The Balaban J connectivity index is 1.32. The van der Waals surface area contributed by atoms with E-state index in [1.807, 2.05) is 6.08 Å². The van der Waals surface area contributed by atoms with Crippen molar-refractivity contribution < 1.29 is 9.18 Å². The quantitative estimate of drug-likeness (QED) is 0.868. The zero-order chi connectivity index (χ0) is 18.6. The predicted molar refractivity (Wildman–Crippen MR) is 101 cm³/mol. The highest BCUT2D eigenvalue weighted by Crippen LogP contribution is 2.15. The first-order valence-electron chi connectivity index (χ1n) is 9.35. The van der Waals surface area contributed by atoms with Crippen molar-refractivity contribution in [1.29, 1.82) is 0 Å². The Kier molecular flexibility index (Phi) is 5.31. The maximum absolute atomic E-state index is 12.9. The van der Waals surface area contributed by atoms with E-state index in [9.17, 15) is 9.18 Å². The molecule has 0 bridgehead atoms. The van der Waals surface area contributed by atoms with Gasteiger partial charge in [-0.15, -0.1) is 0 Å². The minimum Gasteiger partial charge on any atom is -0.354 e. The lowest BCUT2D eigenvalue weighted by Crippen LogP contribution is -2.47. The lowest BCUT2D eigenvalue weighted by atomic mass is 10.2. The summed E-state index contributed by atoms with van der Waals surface area (Å²) in [5, 5.41) is 7.55. The van der Waals surface area contributed by atoms with Crippen LogP contribution in [0.25, 0.3) is 6.08 Å². The van der Waals surface area contributed by atoms with Crippen LogP contribution in [0.4, 0.5) is 4.39 Å². The first-order chi connectivity index (χ1) is 13.2. The van der Waals surface area contributed by atoms with Crippen LogP contribution in [0.3, 0.4) is 0 Å². The minimum atomic E-state index is -0.211. The Morgan fingerprint density at radius 1 is 1.11 bits per heavy atom. The molecule has 1 aromatic carbocycles. The van der Waals surface area contributed by atoms with Crippen LogP contribution >= 0.6 is 0 Å². The van der Waals surface area contributed by atoms with E-state index in [2.05, 4.69) is 31.9 Å². The fraction of sp³-hybridized carbons (Fsp3) is 0.400. The van der Waals surface area contributed by atoms with E-state index in [1.165, 1.54) is 17.8 Å². The number of aromatic nitrogens is 2. The average molecular weight is 369 g/mol. The van der Waals surface area contributed by atoms with Crippen molar-refractivity contribution in [3.63, 3.8) is 0 Å². The van der Waals surface area contributed by atoms with E-state index in [0.717, 1.165) is 50.5 Å². The van der Waals surface area contributed by atoms with Gasteiger partial charge < -0.3 is 5.32 Å². The van der Waals surface area contributed by atoms with Crippen LogP contribution in [0.1, 0.15) is 17.0 Å². The van der Waals surface area contributed by atoms with Gasteiger partial charge in [0.25, 0.3) is 0 Å². The average Bonchev–Trinajstić information content (AvgIpc) is 3.05. The molecule has 0 aliphatic carbocycles. The van der Waals surface area contributed by atoms with Gasteiger partial charge in [0.05, 0.1) is 24.5 Å². The lowest BCUT2D eigenvalue weighted by Gasteiger charge is -2.26. The first-order valence-corrected chi connectivity index (χ1v) is 9.35. The fourth-order valence-corrected chi connectivity index (χ4v) is 3.58. The second kappa shape index (κ2) is 8.02. The number of carbonyl (C=O) groups is 1. The second-order valence-electron chi connectivity index (χ2n) is 7.10. The van der Waals surface area contributed by atoms with Gasteiger partial charge in [-0.05, 0) is 23.8 Å². The fourth-order valence-electron chi connectivity index (χ4n) is 3.58. The van der Waals surface area contributed by atoms with Gasteiger partial charge >= 0.3 is 0 Å². The molecule has 0 unspecified atom stereocenters. The molecule has 27 heavy (non-hydrogen) atoms. The lowest BCUT2D eigenvalue weighted by molar-refractivity contribution is -0.124. The number of benzene rings is 1. The SMILES string of the molecule is O=C1CN(Cc2cc3n(n2)CCN(C/C=C/c2ccc(F)cc2)C3)CCN1. The molecule has 4 rings (SSSR count).